The monoisotopic (exact) mass is 566 g/mol. The Morgan fingerprint density at radius 2 is 1.41 bits per heavy atom. The first-order valence-electron chi connectivity index (χ1n) is 13.2. The highest BCUT2D eigenvalue weighted by Crippen LogP contribution is 2.35. The van der Waals surface area contributed by atoms with Crippen molar-refractivity contribution in [2.75, 3.05) is 19.0 Å². The van der Waals surface area contributed by atoms with E-state index < -0.39 is 5.97 Å². The molecule has 7 heteroatoms. The molecular formula is C34H30O6S. The predicted octanol–water partition coefficient (Wildman–Crippen LogP) is 8.57. The maximum absolute atomic E-state index is 10.9. The van der Waals surface area contributed by atoms with Crippen molar-refractivity contribution in [2.24, 2.45) is 0 Å². The fourth-order valence-electron chi connectivity index (χ4n) is 4.50. The van der Waals surface area contributed by atoms with Crippen LogP contribution in [0.4, 0.5) is 0 Å². The van der Waals surface area contributed by atoms with Crippen LogP contribution in [0.1, 0.15) is 23.6 Å². The molecule has 0 amide bonds. The molecule has 0 aliphatic rings. The Morgan fingerprint density at radius 3 is 1.88 bits per heavy atom. The van der Waals surface area contributed by atoms with Gasteiger partial charge >= 0.3 is 5.97 Å². The summed E-state index contributed by atoms with van der Waals surface area (Å²) in [6, 6.07) is 30.0. The van der Waals surface area contributed by atoms with Gasteiger partial charge in [0.15, 0.2) is 6.61 Å². The van der Waals surface area contributed by atoms with E-state index in [1.165, 1.54) is 0 Å². The van der Waals surface area contributed by atoms with E-state index in [9.17, 15) is 4.79 Å². The third-order valence-corrected chi connectivity index (χ3v) is 7.42. The standard InChI is InChI=1S/C34H30O6S/c1-3-37-32(22-41-28-16-17-29(23(2)20-28)40-21-33(35)36)34(26-12-8-24(9-13-26)30-6-4-18-38-30)27-14-10-25(11-15-27)31-7-5-19-39-31/h4-20H,3,21-22H2,1-2H3,(H,35,36). The zero-order valence-corrected chi connectivity index (χ0v) is 23.6. The molecule has 0 fully saturated rings. The Kier molecular flexibility index (Phi) is 8.96. The van der Waals surface area contributed by atoms with Crippen LogP contribution in [0.2, 0.25) is 0 Å². The van der Waals surface area contributed by atoms with E-state index in [1.54, 1.807) is 24.3 Å². The van der Waals surface area contributed by atoms with E-state index in [0.29, 0.717) is 18.1 Å². The number of furan rings is 2. The largest absolute Gasteiger partial charge is 0.497 e. The number of aliphatic carboxylic acids is 1. The molecule has 0 saturated heterocycles. The van der Waals surface area contributed by atoms with Crippen LogP contribution in [0.15, 0.2) is 123 Å². The lowest BCUT2D eigenvalue weighted by Crippen LogP contribution is -2.10. The van der Waals surface area contributed by atoms with Crippen LogP contribution in [0.5, 0.6) is 5.75 Å². The summed E-state index contributed by atoms with van der Waals surface area (Å²) in [4.78, 5) is 11.9. The Balaban J connectivity index is 1.49. The molecule has 1 N–H and O–H groups in total. The van der Waals surface area contributed by atoms with E-state index in [0.717, 1.165) is 55.6 Å². The highest BCUT2D eigenvalue weighted by molar-refractivity contribution is 7.99. The molecule has 0 unspecified atom stereocenters. The number of carbonyl (C=O) groups is 1. The Morgan fingerprint density at radius 1 is 0.829 bits per heavy atom. The van der Waals surface area contributed by atoms with Gasteiger partial charge in [-0.25, -0.2) is 4.79 Å². The molecule has 0 saturated carbocycles. The second kappa shape index (κ2) is 13.2. The van der Waals surface area contributed by atoms with E-state index >= 15 is 0 Å². The number of ether oxygens (including phenoxy) is 2. The van der Waals surface area contributed by atoms with Gasteiger partial charge in [0, 0.05) is 21.6 Å². The van der Waals surface area contributed by atoms with Crippen LogP contribution >= 0.6 is 11.8 Å². The summed E-state index contributed by atoms with van der Waals surface area (Å²) in [6.07, 6.45) is 3.35. The summed E-state index contributed by atoms with van der Waals surface area (Å²) < 4.78 is 22.8. The number of rotatable bonds is 12. The number of hydrogen-bond acceptors (Lipinski definition) is 6. The topological polar surface area (TPSA) is 82.0 Å². The first kappa shape index (κ1) is 27.9. The second-order valence-corrected chi connectivity index (χ2v) is 10.3. The molecule has 3 aromatic carbocycles. The molecular weight excluding hydrogens is 536 g/mol. The zero-order chi connectivity index (χ0) is 28.6. The van der Waals surface area contributed by atoms with Crippen LogP contribution in [0.25, 0.3) is 28.2 Å². The number of benzene rings is 3. The van der Waals surface area contributed by atoms with Crippen LogP contribution in [0, 0.1) is 6.92 Å². The molecule has 0 aliphatic heterocycles. The maximum Gasteiger partial charge on any atom is 0.341 e. The molecule has 5 aromatic rings. The van der Waals surface area contributed by atoms with E-state index in [1.807, 2.05) is 56.3 Å². The van der Waals surface area contributed by atoms with Gasteiger partial charge in [-0.05, 0) is 73.0 Å². The van der Waals surface area contributed by atoms with Crippen LogP contribution in [-0.2, 0) is 9.53 Å². The quantitative estimate of drug-likeness (QED) is 0.120. The molecule has 2 aromatic heterocycles. The summed E-state index contributed by atoms with van der Waals surface area (Å²) in [6.45, 7) is 4.05. The van der Waals surface area contributed by atoms with E-state index in [2.05, 4.69) is 48.5 Å². The maximum atomic E-state index is 10.9. The zero-order valence-electron chi connectivity index (χ0n) is 22.8. The lowest BCUT2D eigenvalue weighted by Gasteiger charge is -2.18. The van der Waals surface area contributed by atoms with Crippen molar-refractivity contribution in [1.29, 1.82) is 0 Å². The van der Waals surface area contributed by atoms with Crippen molar-refractivity contribution in [1.82, 2.24) is 0 Å². The Labute approximate surface area is 243 Å². The molecule has 0 radical (unpaired) electrons. The highest BCUT2D eigenvalue weighted by Gasteiger charge is 2.16. The third kappa shape index (κ3) is 6.94. The molecule has 0 atom stereocenters. The minimum atomic E-state index is -1.00. The normalized spacial score (nSPS) is 10.8. The fourth-order valence-corrected chi connectivity index (χ4v) is 5.45. The van der Waals surface area contributed by atoms with E-state index in [-0.39, 0.29) is 6.61 Å². The Hall–Kier alpha value is -4.62. The lowest BCUT2D eigenvalue weighted by molar-refractivity contribution is -0.139. The van der Waals surface area contributed by atoms with Crippen molar-refractivity contribution < 1.29 is 28.2 Å². The average Bonchev–Trinajstić information content (AvgIpc) is 3.72. The predicted molar refractivity (Wildman–Crippen MR) is 161 cm³/mol. The third-order valence-electron chi connectivity index (χ3n) is 6.42. The molecule has 0 spiro atoms. The van der Waals surface area contributed by atoms with Crippen molar-refractivity contribution >= 4 is 23.3 Å². The van der Waals surface area contributed by atoms with E-state index in [4.69, 9.17) is 23.4 Å². The van der Waals surface area contributed by atoms with Crippen molar-refractivity contribution in [3.63, 3.8) is 0 Å². The van der Waals surface area contributed by atoms with Crippen molar-refractivity contribution in [2.45, 2.75) is 18.7 Å². The molecule has 5 rings (SSSR count). The first-order chi connectivity index (χ1) is 20.0. The molecule has 41 heavy (non-hydrogen) atoms. The minimum Gasteiger partial charge on any atom is -0.497 e. The van der Waals surface area contributed by atoms with Gasteiger partial charge in [0.1, 0.15) is 23.0 Å². The van der Waals surface area contributed by atoms with Gasteiger partial charge in [-0.15, -0.1) is 11.8 Å². The second-order valence-electron chi connectivity index (χ2n) is 9.24. The number of thioether (sulfide) groups is 1. The number of carboxylic acids is 1. The average molecular weight is 567 g/mol. The summed E-state index contributed by atoms with van der Waals surface area (Å²) in [5, 5.41) is 8.92. The SMILES string of the molecule is CCOC(CSc1ccc(OCC(=O)O)c(C)c1)=C(c1ccc(-c2ccco2)cc1)c1ccc(-c2ccco2)cc1. The Bertz CT molecular complexity index is 1520. The fraction of sp³-hybridized carbons (Fsp3) is 0.147. The van der Waals surface area contributed by atoms with Gasteiger partial charge in [0.05, 0.1) is 24.9 Å². The number of aryl methyl sites for hydroxylation is 1. The number of carboxylic acid groups (broad SMARTS) is 1. The van der Waals surface area contributed by atoms with Gasteiger partial charge in [0.25, 0.3) is 0 Å². The van der Waals surface area contributed by atoms with Crippen molar-refractivity contribution in [3.05, 3.63) is 126 Å². The summed E-state index contributed by atoms with van der Waals surface area (Å²) in [5.74, 6) is 2.64. The first-order valence-corrected chi connectivity index (χ1v) is 14.2. The van der Waals surface area contributed by atoms with Crippen LogP contribution in [-0.4, -0.2) is 30.0 Å². The van der Waals surface area contributed by atoms with Gasteiger partial charge in [-0.3, -0.25) is 0 Å². The summed E-state index contributed by atoms with van der Waals surface area (Å²) >= 11 is 1.65. The van der Waals surface area contributed by atoms with Gasteiger partial charge in [0.2, 0.25) is 0 Å². The summed E-state index contributed by atoms with van der Waals surface area (Å²) in [7, 11) is 0. The molecule has 2 heterocycles. The smallest absolute Gasteiger partial charge is 0.341 e. The van der Waals surface area contributed by atoms with Crippen LogP contribution in [0.3, 0.4) is 0 Å². The van der Waals surface area contributed by atoms with Crippen molar-refractivity contribution in [3.8, 4) is 28.4 Å². The lowest BCUT2D eigenvalue weighted by atomic mass is 9.94. The molecule has 0 bridgehead atoms. The molecule has 6 nitrogen and oxygen atoms in total. The molecule has 208 valence electrons. The molecule has 0 aliphatic carbocycles. The number of hydrogen-bond donors (Lipinski definition) is 1. The van der Waals surface area contributed by atoms with Gasteiger partial charge < -0.3 is 23.4 Å². The van der Waals surface area contributed by atoms with Gasteiger partial charge in [-0.2, -0.15) is 0 Å². The van der Waals surface area contributed by atoms with Crippen LogP contribution < -0.4 is 4.74 Å². The summed E-state index contributed by atoms with van der Waals surface area (Å²) in [5.41, 5.74) is 5.95. The van der Waals surface area contributed by atoms with Gasteiger partial charge in [-0.1, -0.05) is 48.5 Å². The highest BCUT2D eigenvalue weighted by atomic mass is 32.2. The minimum absolute atomic E-state index is 0.370.